The molecule has 0 amide bonds. The van der Waals surface area contributed by atoms with Crippen LogP contribution in [0.3, 0.4) is 0 Å². The molecule has 0 saturated carbocycles. The topological polar surface area (TPSA) is 21.7 Å². The SMILES string of the molecule is CC1(C)CN(Cc2ccc(B3OC(C)(C)C(C)(C)O3)cc2)C1. The number of likely N-dealkylation sites (tertiary alicyclic amines) is 1. The smallest absolute Gasteiger partial charge is 0.399 e. The van der Waals surface area contributed by atoms with Gasteiger partial charge in [0.1, 0.15) is 0 Å². The maximum atomic E-state index is 6.10. The summed E-state index contributed by atoms with van der Waals surface area (Å²) in [5, 5.41) is 0. The minimum Gasteiger partial charge on any atom is -0.399 e. The fraction of sp³-hybridized carbons (Fsp3) is 0.667. The van der Waals surface area contributed by atoms with Crippen molar-refractivity contribution in [2.75, 3.05) is 13.1 Å². The van der Waals surface area contributed by atoms with Gasteiger partial charge in [0.15, 0.2) is 0 Å². The van der Waals surface area contributed by atoms with Gasteiger partial charge in [-0.25, -0.2) is 0 Å². The molecule has 0 N–H and O–H groups in total. The molecule has 22 heavy (non-hydrogen) atoms. The van der Waals surface area contributed by atoms with Crippen molar-refractivity contribution in [2.24, 2.45) is 5.41 Å². The summed E-state index contributed by atoms with van der Waals surface area (Å²) in [6.45, 7) is 16.4. The summed E-state index contributed by atoms with van der Waals surface area (Å²) < 4.78 is 12.2. The van der Waals surface area contributed by atoms with Crippen LogP contribution >= 0.6 is 0 Å². The van der Waals surface area contributed by atoms with Gasteiger partial charge in [-0.05, 0) is 44.1 Å². The number of benzene rings is 1. The van der Waals surface area contributed by atoms with Crippen LogP contribution in [-0.2, 0) is 15.9 Å². The van der Waals surface area contributed by atoms with Crippen molar-refractivity contribution in [1.29, 1.82) is 0 Å². The van der Waals surface area contributed by atoms with Gasteiger partial charge >= 0.3 is 7.12 Å². The average molecular weight is 301 g/mol. The van der Waals surface area contributed by atoms with E-state index in [0.717, 1.165) is 12.0 Å². The Morgan fingerprint density at radius 3 is 1.86 bits per heavy atom. The summed E-state index contributed by atoms with van der Waals surface area (Å²) in [5.74, 6) is 0. The maximum absolute atomic E-state index is 6.10. The molecule has 0 aliphatic carbocycles. The monoisotopic (exact) mass is 301 g/mol. The van der Waals surface area contributed by atoms with E-state index in [1.807, 2.05) is 0 Å². The van der Waals surface area contributed by atoms with Crippen molar-refractivity contribution < 1.29 is 9.31 Å². The molecule has 1 aromatic carbocycles. The maximum Gasteiger partial charge on any atom is 0.494 e. The van der Waals surface area contributed by atoms with Gasteiger partial charge in [0.2, 0.25) is 0 Å². The highest BCUT2D eigenvalue weighted by Gasteiger charge is 2.51. The lowest BCUT2D eigenvalue weighted by Gasteiger charge is -2.46. The summed E-state index contributed by atoms with van der Waals surface area (Å²) in [5.41, 5.74) is 2.39. The Morgan fingerprint density at radius 2 is 1.41 bits per heavy atom. The van der Waals surface area contributed by atoms with E-state index < -0.39 is 0 Å². The average Bonchev–Trinajstić information content (AvgIpc) is 2.57. The van der Waals surface area contributed by atoms with Crippen LogP contribution in [0.15, 0.2) is 24.3 Å². The Hall–Kier alpha value is -0.835. The fourth-order valence-electron chi connectivity index (χ4n) is 3.29. The zero-order valence-corrected chi connectivity index (χ0v) is 14.8. The number of hydrogen-bond donors (Lipinski definition) is 0. The minimum absolute atomic E-state index is 0.262. The Labute approximate surface area is 135 Å². The zero-order chi connectivity index (χ0) is 16.2. The molecule has 2 aliphatic rings. The van der Waals surface area contributed by atoms with Gasteiger partial charge in [0.05, 0.1) is 11.2 Å². The predicted molar refractivity (Wildman–Crippen MR) is 91.2 cm³/mol. The first-order valence-corrected chi connectivity index (χ1v) is 8.25. The van der Waals surface area contributed by atoms with Gasteiger partial charge in [-0.15, -0.1) is 0 Å². The third kappa shape index (κ3) is 2.97. The van der Waals surface area contributed by atoms with Gasteiger partial charge < -0.3 is 9.31 Å². The van der Waals surface area contributed by atoms with Crippen LogP contribution in [0.1, 0.15) is 47.1 Å². The molecule has 0 unspecified atom stereocenters. The molecule has 4 heteroatoms. The lowest BCUT2D eigenvalue weighted by Crippen LogP contribution is -2.52. The van der Waals surface area contributed by atoms with E-state index in [1.54, 1.807) is 0 Å². The van der Waals surface area contributed by atoms with Crippen molar-refractivity contribution >= 4 is 12.6 Å². The quantitative estimate of drug-likeness (QED) is 0.801. The van der Waals surface area contributed by atoms with Crippen LogP contribution in [0.4, 0.5) is 0 Å². The Balaban J connectivity index is 1.63. The number of nitrogens with zero attached hydrogens (tertiary/aromatic N) is 1. The molecule has 0 aromatic heterocycles. The van der Waals surface area contributed by atoms with Crippen molar-refractivity contribution in [3.05, 3.63) is 29.8 Å². The fourth-order valence-corrected chi connectivity index (χ4v) is 3.29. The summed E-state index contributed by atoms with van der Waals surface area (Å²) >= 11 is 0. The molecular weight excluding hydrogens is 273 g/mol. The highest BCUT2D eigenvalue weighted by Crippen LogP contribution is 2.36. The number of rotatable bonds is 3. The first-order valence-electron chi connectivity index (χ1n) is 8.25. The van der Waals surface area contributed by atoms with E-state index >= 15 is 0 Å². The molecule has 3 rings (SSSR count). The normalized spacial score (nSPS) is 26.0. The van der Waals surface area contributed by atoms with Crippen LogP contribution in [0.25, 0.3) is 0 Å². The molecule has 0 bridgehead atoms. The molecule has 0 spiro atoms. The first kappa shape index (κ1) is 16.0. The van der Waals surface area contributed by atoms with Crippen LogP contribution in [-0.4, -0.2) is 36.3 Å². The van der Waals surface area contributed by atoms with Crippen LogP contribution in [0.5, 0.6) is 0 Å². The lowest BCUT2D eigenvalue weighted by molar-refractivity contribution is 0.00578. The minimum atomic E-state index is -0.278. The highest BCUT2D eigenvalue weighted by atomic mass is 16.7. The molecule has 2 aliphatic heterocycles. The zero-order valence-electron chi connectivity index (χ0n) is 14.8. The van der Waals surface area contributed by atoms with Gasteiger partial charge in [-0.3, -0.25) is 4.90 Å². The largest absolute Gasteiger partial charge is 0.494 e. The van der Waals surface area contributed by atoms with E-state index in [2.05, 4.69) is 70.7 Å². The molecule has 0 radical (unpaired) electrons. The summed E-state index contributed by atoms with van der Waals surface area (Å²) in [7, 11) is -0.262. The molecule has 2 fully saturated rings. The van der Waals surface area contributed by atoms with Crippen molar-refractivity contribution in [2.45, 2.75) is 59.3 Å². The summed E-state index contributed by atoms with van der Waals surface area (Å²) in [6.07, 6.45) is 0. The van der Waals surface area contributed by atoms with E-state index in [0.29, 0.717) is 5.41 Å². The van der Waals surface area contributed by atoms with Crippen molar-refractivity contribution in [1.82, 2.24) is 4.90 Å². The third-order valence-electron chi connectivity index (χ3n) is 5.21. The second kappa shape index (κ2) is 5.08. The van der Waals surface area contributed by atoms with Crippen molar-refractivity contribution in [3.63, 3.8) is 0 Å². The second-order valence-corrected chi connectivity index (χ2v) is 8.64. The molecule has 120 valence electrons. The summed E-state index contributed by atoms with van der Waals surface area (Å²) in [6, 6.07) is 8.68. The molecular formula is C18H28BNO2. The summed E-state index contributed by atoms with van der Waals surface area (Å²) in [4.78, 5) is 2.49. The first-order chi connectivity index (χ1) is 10.1. The Morgan fingerprint density at radius 1 is 0.909 bits per heavy atom. The predicted octanol–water partition coefficient (Wildman–Crippen LogP) is 2.83. The standard InChI is InChI=1S/C18H28BNO2/c1-16(2)12-20(13-16)11-14-7-9-15(10-8-14)19-21-17(3,4)18(5,6)22-19/h7-10H,11-13H2,1-6H3. The molecule has 0 atom stereocenters. The second-order valence-electron chi connectivity index (χ2n) is 8.64. The van der Waals surface area contributed by atoms with Crippen LogP contribution in [0, 0.1) is 5.41 Å². The van der Waals surface area contributed by atoms with Gasteiger partial charge in [-0.2, -0.15) is 0 Å². The number of hydrogen-bond acceptors (Lipinski definition) is 3. The Bertz CT molecular complexity index is 527. The van der Waals surface area contributed by atoms with Crippen LogP contribution < -0.4 is 5.46 Å². The Kier molecular flexibility index (Phi) is 3.71. The van der Waals surface area contributed by atoms with E-state index in [-0.39, 0.29) is 18.3 Å². The van der Waals surface area contributed by atoms with Crippen molar-refractivity contribution in [3.8, 4) is 0 Å². The molecule has 1 aromatic rings. The van der Waals surface area contributed by atoms with E-state index in [9.17, 15) is 0 Å². The van der Waals surface area contributed by atoms with E-state index in [4.69, 9.17) is 9.31 Å². The molecule has 2 heterocycles. The lowest BCUT2D eigenvalue weighted by atomic mass is 9.78. The van der Waals surface area contributed by atoms with E-state index in [1.165, 1.54) is 18.7 Å². The van der Waals surface area contributed by atoms with Crippen LogP contribution in [0.2, 0.25) is 0 Å². The third-order valence-corrected chi connectivity index (χ3v) is 5.21. The molecule has 3 nitrogen and oxygen atoms in total. The van der Waals surface area contributed by atoms with Gasteiger partial charge in [0.25, 0.3) is 0 Å². The molecule has 2 saturated heterocycles. The van der Waals surface area contributed by atoms with Gasteiger partial charge in [0, 0.05) is 19.6 Å². The highest BCUT2D eigenvalue weighted by molar-refractivity contribution is 6.62. The van der Waals surface area contributed by atoms with Gasteiger partial charge in [-0.1, -0.05) is 38.1 Å².